The van der Waals surface area contributed by atoms with Crippen molar-refractivity contribution >= 4 is 39.2 Å². The Morgan fingerprint density at radius 1 is 1.03 bits per heavy atom. The smallest absolute Gasteiger partial charge is 0.346 e. The van der Waals surface area contributed by atoms with Gasteiger partial charge >= 0.3 is 5.63 Å². The lowest BCUT2D eigenvalue weighted by atomic mass is 10.1. The lowest BCUT2D eigenvalue weighted by Gasteiger charge is -2.18. The molecule has 0 unspecified atom stereocenters. The molecule has 30 heavy (non-hydrogen) atoms. The van der Waals surface area contributed by atoms with Crippen molar-refractivity contribution in [1.82, 2.24) is 5.32 Å². The van der Waals surface area contributed by atoms with Gasteiger partial charge in [0.1, 0.15) is 11.6 Å². The largest absolute Gasteiger partial charge is 0.422 e. The van der Waals surface area contributed by atoms with Gasteiger partial charge in [0, 0.05) is 10.8 Å². The Labute approximate surface area is 173 Å². The highest BCUT2D eigenvalue weighted by molar-refractivity contribution is 6.11. The van der Waals surface area contributed by atoms with Crippen molar-refractivity contribution in [3.63, 3.8) is 0 Å². The number of benzene rings is 2. The van der Waals surface area contributed by atoms with E-state index in [1.54, 1.807) is 37.3 Å². The predicted octanol–water partition coefficient (Wildman–Crippen LogP) is 1.85. The van der Waals surface area contributed by atoms with Gasteiger partial charge in [0.25, 0.3) is 0 Å². The minimum Gasteiger partial charge on any atom is -0.422 e. The van der Waals surface area contributed by atoms with Crippen LogP contribution in [0.3, 0.4) is 0 Å². The zero-order chi connectivity index (χ0) is 21.7. The molecule has 0 saturated heterocycles. The van der Waals surface area contributed by atoms with Crippen molar-refractivity contribution in [3.05, 3.63) is 52.9 Å². The van der Waals surface area contributed by atoms with E-state index in [4.69, 9.17) is 15.9 Å². The number of hydrogen-bond donors (Lipinski definition) is 4. The molecule has 2 atom stereocenters. The molecule has 0 aliphatic heterocycles. The summed E-state index contributed by atoms with van der Waals surface area (Å²) in [5.74, 6) is -0.865. The highest BCUT2D eigenvalue weighted by atomic mass is 16.4. The summed E-state index contributed by atoms with van der Waals surface area (Å²) in [6, 6.07) is 10.8. The first-order valence-corrected chi connectivity index (χ1v) is 9.94. The van der Waals surface area contributed by atoms with Gasteiger partial charge in [0.2, 0.25) is 11.8 Å². The summed E-state index contributed by atoms with van der Waals surface area (Å²) < 4.78 is 5.40. The SMILES string of the molecule is C[C@H](NC(=O)[C@@H](N)CCCCN)C(=O)Nc1cccc2c1c(=O)oc1ccccc12. The fourth-order valence-electron chi connectivity index (χ4n) is 3.30. The van der Waals surface area contributed by atoms with Gasteiger partial charge < -0.3 is 26.5 Å². The summed E-state index contributed by atoms with van der Waals surface area (Å²) in [4.78, 5) is 37.4. The monoisotopic (exact) mass is 410 g/mol. The van der Waals surface area contributed by atoms with Crippen LogP contribution in [0.4, 0.5) is 5.69 Å². The number of nitrogens with two attached hydrogens (primary N) is 2. The number of unbranched alkanes of at least 4 members (excludes halogenated alkanes) is 1. The Hall–Kier alpha value is -3.23. The van der Waals surface area contributed by atoms with Gasteiger partial charge in [-0.25, -0.2) is 4.79 Å². The molecule has 158 valence electrons. The quantitative estimate of drug-likeness (QED) is 0.254. The molecule has 0 radical (unpaired) electrons. The molecule has 0 aliphatic carbocycles. The van der Waals surface area contributed by atoms with E-state index in [0.29, 0.717) is 29.6 Å². The molecule has 8 heteroatoms. The molecule has 0 aliphatic rings. The fourth-order valence-corrected chi connectivity index (χ4v) is 3.30. The van der Waals surface area contributed by atoms with Crippen LogP contribution < -0.4 is 27.7 Å². The number of nitrogens with one attached hydrogen (secondary N) is 2. The van der Waals surface area contributed by atoms with Crippen LogP contribution in [0.25, 0.3) is 21.7 Å². The maximum atomic E-state index is 12.6. The van der Waals surface area contributed by atoms with Crippen molar-refractivity contribution in [3.8, 4) is 0 Å². The molecule has 3 aromatic rings. The Kier molecular flexibility index (Phi) is 6.81. The Balaban J connectivity index is 1.77. The topological polar surface area (TPSA) is 140 Å². The summed E-state index contributed by atoms with van der Waals surface area (Å²) in [5.41, 5.74) is 11.6. The number of carbonyl (C=O) groups excluding carboxylic acids is 2. The first kappa shape index (κ1) is 21.5. The second-order valence-electron chi connectivity index (χ2n) is 7.22. The van der Waals surface area contributed by atoms with Crippen molar-refractivity contribution in [2.45, 2.75) is 38.3 Å². The lowest BCUT2D eigenvalue weighted by molar-refractivity contribution is -0.127. The van der Waals surface area contributed by atoms with Crippen LogP contribution in [0.1, 0.15) is 26.2 Å². The number of carbonyl (C=O) groups is 2. The first-order chi connectivity index (χ1) is 14.4. The van der Waals surface area contributed by atoms with Crippen LogP contribution in [-0.2, 0) is 9.59 Å². The van der Waals surface area contributed by atoms with Gasteiger partial charge in [-0.3, -0.25) is 9.59 Å². The maximum absolute atomic E-state index is 12.6. The highest BCUT2D eigenvalue weighted by Crippen LogP contribution is 2.27. The van der Waals surface area contributed by atoms with Crippen LogP contribution in [0, 0.1) is 0 Å². The molecule has 8 nitrogen and oxygen atoms in total. The molecular weight excluding hydrogens is 384 g/mol. The number of rotatable bonds is 8. The number of hydrogen-bond acceptors (Lipinski definition) is 6. The normalized spacial score (nSPS) is 13.2. The van der Waals surface area contributed by atoms with E-state index in [1.807, 2.05) is 12.1 Å². The molecule has 0 saturated carbocycles. The van der Waals surface area contributed by atoms with Crippen LogP contribution in [0.2, 0.25) is 0 Å². The minimum atomic E-state index is -0.833. The average Bonchev–Trinajstić information content (AvgIpc) is 2.73. The van der Waals surface area contributed by atoms with E-state index in [1.165, 1.54) is 0 Å². The number of para-hydroxylation sites is 1. The Bertz CT molecular complexity index is 1130. The van der Waals surface area contributed by atoms with Gasteiger partial charge in [-0.15, -0.1) is 0 Å². The second kappa shape index (κ2) is 9.51. The molecule has 0 bridgehead atoms. The van der Waals surface area contributed by atoms with Crippen molar-refractivity contribution in [1.29, 1.82) is 0 Å². The van der Waals surface area contributed by atoms with E-state index >= 15 is 0 Å². The van der Waals surface area contributed by atoms with Crippen molar-refractivity contribution < 1.29 is 14.0 Å². The molecule has 1 aromatic heterocycles. The zero-order valence-corrected chi connectivity index (χ0v) is 16.8. The third-order valence-corrected chi connectivity index (χ3v) is 4.96. The molecule has 1 heterocycles. The summed E-state index contributed by atoms with van der Waals surface area (Å²) in [7, 11) is 0. The fraction of sp³-hybridized carbons (Fsp3) is 0.318. The Morgan fingerprint density at radius 2 is 1.77 bits per heavy atom. The van der Waals surface area contributed by atoms with Gasteiger partial charge in [-0.05, 0) is 38.4 Å². The van der Waals surface area contributed by atoms with E-state index in [2.05, 4.69) is 10.6 Å². The van der Waals surface area contributed by atoms with E-state index < -0.39 is 29.5 Å². The summed E-state index contributed by atoms with van der Waals surface area (Å²) >= 11 is 0. The van der Waals surface area contributed by atoms with Gasteiger partial charge in [0.15, 0.2) is 0 Å². The molecule has 6 N–H and O–H groups in total. The molecule has 2 aromatic carbocycles. The van der Waals surface area contributed by atoms with E-state index in [9.17, 15) is 14.4 Å². The van der Waals surface area contributed by atoms with E-state index in [-0.39, 0.29) is 5.39 Å². The third-order valence-electron chi connectivity index (χ3n) is 4.96. The number of fused-ring (bicyclic) bond motifs is 3. The maximum Gasteiger partial charge on any atom is 0.346 e. The molecule has 0 fully saturated rings. The summed E-state index contributed by atoms with van der Waals surface area (Å²) in [6.07, 6.45) is 2.02. The molecule has 2 amide bonds. The van der Waals surface area contributed by atoms with Crippen LogP contribution >= 0.6 is 0 Å². The van der Waals surface area contributed by atoms with Crippen LogP contribution in [0.5, 0.6) is 0 Å². The third kappa shape index (κ3) is 4.67. The van der Waals surface area contributed by atoms with E-state index in [0.717, 1.165) is 18.2 Å². The minimum absolute atomic E-state index is 0.279. The number of anilines is 1. The first-order valence-electron chi connectivity index (χ1n) is 9.94. The predicted molar refractivity (Wildman–Crippen MR) is 117 cm³/mol. The average molecular weight is 410 g/mol. The Morgan fingerprint density at radius 3 is 2.53 bits per heavy atom. The van der Waals surface area contributed by atoms with Gasteiger partial charge in [-0.2, -0.15) is 0 Å². The van der Waals surface area contributed by atoms with Crippen LogP contribution in [-0.4, -0.2) is 30.4 Å². The van der Waals surface area contributed by atoms with Crippen LogP contribution in [0.15, 0.2) is 51.7 Å². The van der Waals surface area contributed by atoms with Gasteiger partial charge in [0.05, 0.1) is 17.1 Å². The molecular formula is C22H26N4O4. The summed E-state index contributed by atoms with van der Waals surface area (Å²) in [6.45, 7) is 2.10. The zero-order valence-electron chi connectivity index (χ0n) is 16.8. The second-order valence-corrected chi connectivity index (χ2v) is 7.22. The molecule has 0 spiro atoms. The van der Waals surface area contributed by atoms with Crippen molar-refractivity contribution in [2.24, 2.45) is 11.5 Å². The highest BCUT2D eigenvalue weighted by Gasteiger charge is 2.21. The summed E-state index contributed by atoms with van der Waals surface area (Å²) in [5, 5.41) is 7.06. The number of amides is 2. The lowest BCUT2D eigenvalue weighted by Crippen LogP contribution is -2.48. The van der Waals surface area contributed by atoms with Gasteiger partial charge in [-0.1, -0.05) is 36.8 Å². The molecule has 3 rings (SSSR count). The standard InChI is InChI=1S/C22H26N4O4/c1-13(25-21(28)16(24)9-4-5-12-23)20(27)26-17-10-6-8-15-14-7-2-3-11-18(14)30-22(29)19(15)17/h2-3,6-8,10-11,13,16H,4-5,9,12,23-24H2,1H3,(H,25,28)(H,26,27)/t13-,16-/m0/s1. The van der Waals surface area contributed by atoms with Crippen molar-refractivity contribution in [2.75, 3.05) is 11.9 Å².